The Balaban J connectivity index is 2.72. The molecule has 1 aliphatic heterocycles. The Morgan fingerprint density at radius 3 is 1.87 bits per heavy atom. The predicted octanol–water partition coefficient (Wildman–Crippen LogP) is 6.73. The zero-order valence-electron chi connectivity index (χ0n) is 16.8. The van der Waals surface area contributed by atoms with E-state index >= 15 is 0 Å². The van der Waals surface area contributed by atoms with Gasteiger partial charge >= 0.3 is 0 Å². The molecule has 1 nitrogen and oxygen atoms in total. The minimum Gasteiger partial charge on any atom is -0.362 e. The SMILES string of the molecule is CCC1N(c2c(C(C)C)cccc2C(C)C)C(C)(C)CC1(C)C. The Labute approximate surface area is 144 Å². The van der Waals surface area contributed by atoms with Crippen molar-refractivity contribution in [2.45, 2.75) is 98.6 Å². The van der Waals surface area contributed by atoms with Crippen molar-refractivity contribution in [2.75, 3.05) is 4.90 Å². The lowest BCUT2D eigenvalue weighted by molar-refractivity contribution is 0.311. The summed E-state index contributed by atoms with van der Waals surface area (Å²) in [5, 5.41) is 0. The Kier molecular flexibility index (Phi) is 4.91. The fourth-order valence-corrected chi connectivity index (χ4v) is 5.07. The van der Waals surface area contributed by atoms with E-state index in [4.69, 9.17) is 0 Å². The van der Waals surface area contributed by atoms with Gasteiger partial charge in [0.2, 0.25) is 0 Å². The highest BCUT2D eigenvalue weighted by Crippen LogP contribution is 2.52. The first-order valence-electron chi connectivity index (χ1n) is 9.45. The van der Waals surface area contributed by atoms with E-state index < -0.39 is 0 Å². The maximum absolute atomic E-state index is 2.79. The fourth-order valence-electron chi connectivity index (χ4n) is 5.07. The molecular formula is C22H37N. The summed E-state index contributed by atoms with van der Waals surface area (Å²) < 4.78 is 0. The van der Waals surface area contributed by atoms with E-state index in [1.807, 2.05) is 0 Å². The Morgan fingerprint density at radius 2 is 1.48 bits per heavy atom. The first-order valence-corrected chi connectivity index (χ1v) is 9.45. The molecule has 1 atom stereocenters. The largest absolute Gasteiger partial charge is 0.362 e. The quantitative estimate of drug-likeness (QED) is 0.595. The molecule has 0 saturated carbocycles. The molecule has 0 aromatic heterocycles. The summed E-state index contributed by atoms with van der Waals surface area (Å²) in [4.78, 5) is 2.79. The van der Waals surface area contributed by atoms with Crippen molar-refractivity contribution in [3.8, 4) is 0 Å². The zero-order chi connectivity index (χ0) is 17.6. The van der Waals surface area contributed by atoms with Gasteiger partial charge in [-0.1, -0.05) is 66.7 Å². The number of anilines is 1. The van der Waals surface area contributed by atoms with Crippen molar-refractivity contribution < 1.29 is 0 Å². The van der Waals surface area contributed by atoms with Crippen LogP contribution in [0.2, 0.25) is 0 Å². The van der Waals surface area contributed by atoms with Crippen LogP contribution in [-0.2, 0) is 0 Å². The summed E-state index contributed by atoms with van der Waals surface area (Å²) in [5.74, 6) is 1.11. The third-order valence-electron chi connectivity index (χ3n) is 5.72. The van der Waals surface area contributed by atoms with E-state index in [2.05, 4.69) is 85.4 Å². The van der Waals surface area contributed by atoms with Gasteiger partial charge in [0.1, 0.15) is 0 Å². The molecule has 1 heteroatoms. The highest BCUT2D eigenvalue weighted by atomic mass is 15.3. The third-order valence-corrected chi connectivity index (χ3v) is 5.72. The van der Waals surface area contributed by atoms with Gasteiger partial charge in [0, 0.05) is 17.3 Å². The first-order chi connectivity index (χ1) is 10.5. The molecule has 1 aromatic carbocycles. The molecule has 1 aromatic rings. The number of benzene rings is 1. The van der Waals surface area contributed by atoms with Crippen molar-refractivity contribution in [3.05, 3.63) is 29.3 Å². The van der Waals surface area contributed by atoms with E-state index in [1.54, 1.807) is 0 Å². The fraction of sp³-hybridized carbons (Fsp3) is 0.727. The average molecular weight is 316 g/mol. The van der Waals surface area contributed by atoms with Crippen LogP contribution in [0.25, 0.3) is 0 Å². The molecule has 2 rings (SSSR count). The minimum absolute atomic E-state index is 0.207. The van der Waals surface area contributed by atoms with Crippen LogP contribution in [0.1, 0.15) is 98.1 Å². The molecule has 0 radical (unpaired) electrons. The lowest BCUT2D eigenvalue weighted by atomic mass is 9.80. The Morgan fingerprint density at radius 1 is 1.00 bits per heavy atom. The molecule has 1 aliphatic rings. The summed E-state index contributed by atoms with van der Waals surface area (Å²) in [6, 6.07) is 7.55. The third kappa shape index (κ3) is 3.16. The summed E-state index contributed by atoms with van der Waals surface area (Å²) in [7, 11) is 0. The molecule has 0 bridgehead atoms. The van der Waals surface area contributed by atoms with Gasteiger partial charge < -0.3 is 4.90 Å². The molecule has 0 aliphatic carbocycles. The monoisotopic (exact) mass is 315 g/mol. The molecule has 0 spiro atoms. The van der Waals surface area contributed by atoms with E-state index in [-0.39, 0.29) is 5.54 Å². The second-order valence-corrected chi connectivity index (χ2v) is 9.37. The van der Waals surface area contributed by atoms with Crippen molar-refractivity contribution >= 4 is 5.69 Å². The van der Waals surface area contributed by atoms with Gasteiger partial charge in [0.15, 0.2) is 0 Å². The molecule has 1 heterocycles. The molecule has 1 fully saturated rings. The molecule has 1 unspecified atom stereocenters. The summed E-state index contributed by atoms with van der Waals surface area (Å²) >= 11 is 0. The number of nitrogens with zero attached hydrogens (tertiary/aromatic N) is 1. The van der Waals surface area contributed by atoms with E-state index in [0.29, 0.717) is 23.3 Å². The van der Waals surface area contributed by atoms with Gasteiger partial charge in [-0.2, -0.15) is 0 Å². The maximum atomic E-state index is 2.79. The van der Waals surface area contributed by atoms with Gasteiger partial charge in [-0.05, 0) is 55.1 Å². The molecule has 1 saturated heterocycles. The highest BCUT2D eigenvalue weighted by molar-refractivity contribution is 5.65. The molecule has 0 amide bonds. The lowest BCUT2D eigenvalue weighted by Crippen LogP contribution is -2.45. The van der Waals surface area contributed by atoms with E-state index in [1.165, 1.54) is 29.7 Å². The van der Waals surface area contributed by atoms with Crippen LogP contribution in [-0.4, -0.2) is 11.6 Å². The molecule has 0 N–H and O–H groups in total. The number of rotatable bonds is 4. The van der Waals surface area contributed by atoms with Crippen LogP contribution in [0, 0.1) is 5.41 Å². The topological polar surface area (TPSA) is 3.24 Å². The highest BCUT2D eigenvalue weighted by Gasteiger charge is 2.50. The predicted molar refractivity (Wildman–Crippen MR) is 104 cm³/mol. The maximum Gasteiger partial charge on any atom is 0.0443 e. The molecule has 23 heavy (non-hydrogen) atoms. The molecular weight excluding hydrogens is 278 g/mol. The minimum atomic E-state index is 0.207. The van der Waals surface area contributed by atoms with Gasteiger partial charge in [0.05, 0.1) is 0 Å². The number of hydrogen-bond donors (Lipinski definition) is 0. The zero-order valence-corrected chi connectivity index (χ0v) is 16.8. The smallest absolute Gasteiger partial charge is 0.0443 e. The van der Waals surface area contributed by atoms with Crippen molar-refractivity contribution in [2.24, 2.45) is 5.41 Å². The van der Waals surface area contributed by atoms with Crippen LogP contribution >= 0.6 is 0 Å². The second-order valence-electron chi connectivity index (χ2n) is 9.37. The van der Waals surface area contributed by atoms with Crippen molar-refractivity contribution in [1.82, 2.24) is 0 Å². The second kappa shape index (κ2) is 6.15. The Hall–Kier alpha value is -0.980. The standard InChI is InChI=1S/C22H37N/c1-10-19-21(6,7)14-22(8,9)23(19)20-17(15(2)3)12-11-13-18(20)16(4)5/h11-13,15-16,19H,10,14H2,1-9H3. The van der Waals surface area contributed by atoms with Gasteiger partial charge in [-0.15, -0.1) is 0 Å². The summed E-state index contributed by atoms with van der Waals surface area (Å²) in [6.45, 7) is 21.5. The van der Waals surface area contributed by atoms with Gasteiger partial charge in [-0.3, -0.25) is 0 Å². The first kappa shape index (κ1) is 18.4. The number of hydrogen-bond acceptors (Lipinski definition) is 1. The van der Waals surface area contributed by atoms with Crippen molar-refractivity contribution in [1.29, 1.82) is 0 Å². The van der Waals surface area contributed by atoms with Crippen molar-refractivity contribution in [3.63, 3.8) is 0 Å². The number of para-hydroxylation sites is 1. The van der Waals surface area contributed by atoms with E-state index in [9.17, 15) is 0 Å². The Bertz CT molecular complexity index is 525. The van der Waals surface area contributed by atoms with Crippen LogP contribution in [0.4, 0.5) is 5.69 Å². The summed E-state index contributed by atoms with van der Waals surface area (Å²) in [5.41, 5.74) is 5.12. The van der Waals surface area contributed by atoms with Crippen LogP contribution in [0.5, 0.6) is 0 Å². The van der Waals surface area contributed by atoms with Crippen LogP contribution in [0.3, 0.4) is 0 Å². The summed E-state index contributed by atoms with van der Waals surface area (Å²) in [6.07, 6.45) is 2.46. The van der Waals surface area contributed by atoms with Crippen LogP contribution in [0.15, 0.2) is 18.2 Å². The van der Waals surface area contributed by atoms with E-state index in [0.717, 1.165) is 0 Å². The van der Waals surface area contributed by atoms with Gasteiger partial charge in [-0.25, -0.2) is 0 Å². The van der Waals surface area contributed by atoms with Crippen LogP contribution < -0.4 is 4.90 Å². The molecule has 130 valence electrons. The lowest BCUT2D eigenvalue weighted by Gasteiger charge is -2.42. The normalized spacial score (nSPS) is 23.1. The van der Waals surface area contributed by atoms with Gasteiger partial charge in [0.25, 0.3) is 0 Å². The average Bonchev–Trinajstić information content (AvgIpc) is 2.60.